The average molecular weight is 348 g/mol. The van der Waals surface area contributed by atoms with Gasteiger partial charge in [0.2, 0.25) is 0 Å². The molecule has 0 unspecified atom stereocenters. The maximum Gasteiger partial charge on any atom is 0.410 e. The van der Waals surface area contributed by atoms with Gasteiger partial charge in [0.15, 0.2) is 0 Å². The number of amides is 1. The fourth-order valence-corrected chi connectivity index (χ4v) is 4.10. The Balaban J connectivity index is 1.77. The van der Waals surface area contributed by atoms with Crippen molar-refractivity contribution in [3.63, 3.8) is 0 Å². The summed E-state index contributed by atoms with van der Waals surface area (Å²) in [4.78, 5) is 14.0. The summed E-state index contributed by atoms with van der Waals surface area (Å²) in [5, 5.41) is 0. The molecule has 2 aliphatic rings. The SMILES string of the molecule is CC(C)(C)OC(=O)N1CCC2(CC1)Cc1ccccc1/C2=N\[SH]=O. The summed E-state index contributed by atoms with van der Waals surface area (Å²) in [7, 11) is 0. The largest absolute Gasteiger partial charge is 0.444 e. The molecule has 0 bridgehead atoms. The fourth-order valence-electron chi connectivity index (χ4n) is 3.70. The molecule has 1 aliphatic carbocycles. The van der Waals surface area contributed by atoms with Crippen LogP contribution in [0.2, 0.25) is 0 Å². The molecule has 24 heavy (non-hydrogen) atoms. The van der Waals surface area contributed by atoms with Crippen LogP contribution >= 0.6 is 0 Å². The van der Waals surface area contributed by atoms with Crippen molar-refractivity contribution < 1.29 is 13.7 Å². The lowest BCUT2D eigenvalue weighted by Gasteiger charge is -2.39. The van der Waals surface area contributed by atoms with Gasteiger partial charge >= 0.3 is 6.09 Å². The highest BCUT2D eigenvalue weighted by molar-refractivity contribution is 7.64. The van der Waals surface area contributed by atoms with Gasteiger partial charge in [-0.1, -0.05) is 24.3 Å². The Hall–Kier alpha value is -1.69. The molecule has 1 aromatic rings. The minimum absolute atomic E-state index is 0.111. The van der Waals surface area contributed by atoms with Crippen LogP contribution in [-0.2, 0) is 23.0 Å². The van der Waals surface area contributed by atoms with Crippen LogP contribution in [0, 0.1) is 5.41 Å². The molecule has 3 rings (SSSR count). The molecule has 1 aromatic carbocycles. The average Bonchev–Trinajstić information content (AvgIpc) is 2.80. The second-order valence-corrected chi connectivity index (χ2v) is 7.98. The Morgan fingerprint density at radius 1 is 1.25 bits per heavy atom. The van der Waals surface area contributed by atoms with Crippen molar-refractivity contribution in [1.82, 2.24) is 4.90 Å². The molecule has 1 spiro atoms. The minimum atomic E-state index is -0.482. The predicted molar refractivity (Wildman–Crippen MR) is 95.7 cm³/mol. The second kappa shape index (κ2) is 6.31. The van der Waals surface area contributed by atoms with Crippen LogP contribution in [0.15, 0.2) is 28.7 Å². The first-order valence-electron chi connectivity index (χ1n) is 8.32. The zero-order valence-electron chi connectivity index (χ0n) is 14.4. The summed E-state index contributed by atoms with van der Waals surface area (Å²) < 4.78 is 20.9. The summed E-state index contributed by atoms with van der Waals surface area (Å²) in [6.07, 6.45) is 2.28. The molecule has 1 aliphatic heterocycles. The van der Waals surface area contributed by atoms with Gasteiger partial charge in [0.1, 0.15) is 17.5 Å². The lowest BCUT2D eigenvalue weighted by atomic mass is 9.74. The first-order chi connectivity index (χ1) is 11.3. The van der Waals surface area contributed by atoms with E-state index < -0.39 is 5.60 Å². The summed E-state index contributed by atoms with van der Waals surface area (Å²) in [5.41, 5.74) is 2.69. The van der Waals surface area contributed by atoms with Crippen molar-refractivity contribution >= 4 is 23.7 Å². The maximum absolute atomic E-state index is 12.3. The number of benzene rings is 1. The van der Waals surface area contributed by atoms with Gasteiger partial charge in [0.05, 0.1) is 5.71 Å². The van der Waals surface area contributed by atoms with Gasteiger partial charge in [0.25, 0.3) is 0 Å². The van der Waals surface area contributed by atoms with Crippen LogP contribution in [0.4, 0.5) is 4.79 Å². The Labute approximate surface area is 146 Å². The second-order valence-electron chi connectivity index (χ2n) is 7.61. The van der Waals surface area contributed by atoms with E-state index in [4.69, 9.17) is 4.74 Å². The molecule has 0 radical (unpaired) electrons. The first-order valence-corrected chi connectivity index (χ1v) is 9.08. The maximum atomic E-state index is 12.3. The Bertz CT molecular complexity index is 686. The number of piperidine rings is 1. The quantitative estimate of drug-likeness (QED) is 0.794. The number of ether oxygens (including phenoxy) is 1. The van der Waals surface area contributed by atoms with Gasteiger partial charge < -0.3 is 9.64 Å². The van der Waals surface area contributed by atoms with E-state index in [-0.39, 0.29) is 23.4 Å². The van der Waals surface area contributed by atoms with E-state index in [1.165, 1.54) is 5.56 Å². The lowest BCUT2D eigenvalue weighted by Crippen LogP contribution is -2.47. The Kier molecular flexibility index (Phi) is 4.51. The van der Waals surface area contributed by atoms with Crippen molar-refractivity contribution in [3.05, 3.63) is 35.4 Å². The standard InChI is InChI=1S/C18H24N2O3S/c1-17(2,3)23-16(21)20-10-8-18(9-11-20)12-13-6-4-5-7-14(13)15(18)19-24-22/h4-7,24H,8-12H2,1-3H3/b19-15+. The monoisotopic (exact) mass is 348 g/mol. The molecule has 0 aromatic heterocycles. The lowest BCUT2D eigenvalue weighted by molar-refractivity contribution is 0.0159. The molecular weight excluding hydrogens is 324 g/mol. The number of rotatable bonds is 1. The molecule has 130 valence electrons. The Morgan fingerprint density at radius 2 is 1.92 bits per heavy atom. The van der Waals surface area contributed by atoms with Crippen LogP contribution in [0.5, 0.6) is 0 Å². The minimum Gasteiger partial charge on any atom is -0.444 e. The molecule has 6 heteroatoms. The number of hydrogen-bond donors (Lipinski definition) is 1. The van der Waals surface area contributed by atoms with E-state index in [1.54, 1.807) is 4.90 Å². The molecule has 1 fully saturated rings. The summed E-state index contributed by atoms with van der Waals surface area (Å²) >= 11 is -0.203. The highest BCUT2D eigenvalue weighted by Gasteiger charge is 2.46. The van der Waals surface area contributed by atoms with Crippen LogP contribution in [0.25, 0.3) is 0 Å². The van der Waals surface area contributed by atoms with Gasteiger partial charge in [-0.2, -0.15) is 4.40 Å². The van der Waals surface area contributed by atoms with E-state index in [0.717, 1.165) is 30.5 Å². The Morgan fingerprint density at radius 3 is 2.54 bits per heavy atom. The molecule has 0 N–H and O–H groups in total. The summed E-state index contributed by atoms with van der Waals surface area (Å²) in [5.74, 6) is 0. The number of fused-ring (bicyclic) bond motifs is 1. The van der Waals surface area contributed by atoms with Gasteiger partial charge in [-0.3, -0.25) is 0 Å². The third-order valence-corrected chi connectivity index (χ3v) is 5.10. The summed E-state index contributed by atoms with van der Waals surface area (Å²) in [6.45, 7) is 6.90. The van der Waals surface area contributed by atoms with Crippen molar-refractivity contribution in [1.29, 1.82) is 0 Å². The topological polar surface area (TPSA) is 59.0 Å². The zero-order chi connectivity index (χ0) is 17.4. The van der Waals surface area contributed by atoms with Crippen LogP contribution in [0.1, 0.15) is 44.7 Å². The molecule has 1 heterocycles. The third-order valence-electron chi connectivity index (χ3n) is 4.82. The van der Waals surface area contributed by atoms with Crippen molar-refractivity contribution in [2.45, 2.75) is 45.6 Å². The fraction of sp³-hybridized carbons (Fsp3) is 0.556. The predicted octanol–water partition coefficient (Wildman–Crippen LogP) is 2.91. The zero-order valence-corrected chi connectivity index (χ0v) is 15.3. The van der Waals surface area contributed by atoms with E-state index >= 15 is 0 Å². The van der Waals surface area contributed by atoms with Gasteiger partial charge in [-0.05, 0) is 45.6 Å². The normalized spacial score (nSPS) is 21.1. The van der Waals surface area contributed by atoms with Crippen molar-refractivity contribution in [3.8, 4) is 0 Å². The van der Waals surface area contributed by atoms with E-state index in [2.05, 4.69) is 10.5 Å². The summed E-state index contributed by atoms with van der Waals surface area (Å²) in [6, 6.07) is 8.18. The highest BCUT2D eigenvalue weighted by Crippen LogP contribution is 2.45. The number of carbonyl (C=O) groups is 1. The van der Waals surface area contributed by atoms with Crippen LogP contribution in [-0.4, -0.2) is 39.6 Å². The molecule has 1 amide bonds. The number of hydrogen-bond acceptors (Lipinski definition) is 3. The van der Waals surface area contributed by atoms with Gasteiger partial charge in [-0.15, -0.1) is 0 Å². The molecular formula is C18H24N2O3S. The van der Waals surface area contributed by atoms with E-state index in [9.17, 15) is 9.00 Å². The number of likely N-dealkylation sites (tertiary alicyclic amines) is 1. The van der Waals surface area contributed by atoms with Crippen molar-refractivity contribution in [2.75, 3.05) is 13.1 Å². The third kappa shape index (κ3) is 3.24. The van der Waals surface area contributed by atoms with E-state index in [1.807, 2.05) is 39.0 Å². The molecule has 0 saturated carbocycles. The molecule has 5 nitrogen and oxygen atoms in total. The van der Waals surface area contributed by atoms with E-state index in [0.29, 0.717) is 13.1 Å². The first kappa shape index (κ1) is 17.1. The van der Waals surface area contributed by atoms with Gasteiger partial charge in [-0.25, -0.2) is 9.00 Å². The number of nitrogens with zero attached hydrogens (tertiary/aromatic N) is 2. The van der Waals surface area contributed by atoms with Crippen LogP contribution < -0.4 is 0 Å². The highest BCUT2D eigenvalue weighted by atomic mass is 32.2. The molecule has 0 atom stereocenters. The van der Waals surface area contributed by atoms with Crippen LogP contribution in [0.3, 0.4) is 0 Å². The number of carbonyl (C=O) groups excluding carboxylic acids is 1. The smallest absolute Gasteiger partial charge is 0.410 e. The molecule has 1 saturated heterocycles. The number of thiol groups is 1. The van der Waals surface area contributed by atoms with Gasteiger partial charge in [0, 0.05) is 24.1 Å². The van der Waals surface area contributed by atoms with Crippen molar-refractivity contribution in [2.24, 2.45) is 9.81 Å².